The first-order valence-electron chi connectivity index (χ1n) is 6.05. The molecule has 0 spiro atoms. The second-order valence-corrected chi connectivity index (χ2v) is 6.28. The Hall–Kier alpha value is -1.62. The van der Waals surface area contributed by atoms with Gasteiger partial charge in [-0.1, -0.05) is 31.2 Å². The number of sulfone groups is 1. The van der Waals surface area contributed by atoms with Crippen molar-refractivity contribution in [3.05, 3.63) is 42.5 Å². The molecule has 19 heavy (non-hydrogen) atoms. The Kier molecular flexibility index (Phi) is 5.76. The summed E-state index contributed by atoms with van der Waals surface area (Å²) in [6.45, 7) is 1.82. The normalized spacial score (nSPS) is 13.4. The molecule has 4 nitrogen and oxygen atoms in total. The van der Waals surface area contributed by atoms with Crippen LogP contribution in [-0.2, 0) is 19.4 Å². The fourth-order valence-corrected chi connectivity index (χ4v) is 3.42. The number of methoxy groups -OCH3 is 1. The highest BCUT2D eigenvalue weighted by Crippen LogP contribution is 2.20. The standard InChI is InChI=1S/C14H18O4S/c1-3-12(10-7-11-14(15)18-2)19(16,17)13-8-5-4-6-9-13/h4-9,11-12H,3,10H2,1-2H3/b11-7+. The van der Waals surface area contributed by atoms with E-state index in [1.807, 2.05) is 6.92 Å². The number of hydrogen-bond acceptors (Lipinski definition) is 4. The average Bonchev–Trinajstić information content (AvgIpc) is 2.44. The Morgan fingerprint density at radius 1 is 1.32 bits per heavy atom. The molecule has 0 bridgehead atoms. The zero-order valence-electron chi connectivity index (χ0n) is 11.1. The van der Waals surface area contributed by atoms with Crippen molar-refractivity contribution in [3.63, 3.8) is 0 Å². The summed E-state index contributed by atoms with van der Waals surface area (Å²) in [4.78, 5) is 11.3. The van der Waals surface area contributed by atoms with Gasteiger partial charge in [-0.05, 0) is 25.0 Å². The summed E-state index contributed by atoms with van der Waals surface area (Å²) in [5.74, 6) is -0.480. The van der Waals surface area contributed by atoms with E-state index >= 15 is 0 Å². The van der Waals surface area contributed by atoms with Gasteiger partial charge in [0.2, 0.25) is 0 Å². The van der Waals surface area contributed by atoms with Crippen LogP contribution in [0.3, 0.4) is 0 Å². The van der Waals surface area contributed by atoms with Crippen LogP contribution in [0.5, 0.6) is 0 Å². The van der Waals surface area contributed by atoms with Crippen molar-refractivity contribution in [2.75, 3.05) is 7.11 Å². The number of rotatable bonds is 6. The number of allylic oxidation sites excluding steroid dienone is 1. The molecular formula is C14H18O4S. The number of carbonyl (C=O) groups is 1. The highest BCUT2D eigenvalue weighted by Gasteiger charge is 2.24. The van der Waals surface area contributed by atoms with E-state index in [0.29, 0.717) is 17.7 Å². The third-order valence-electron chi connectivity index (χ3n) is 2.82. The first-order valence-corrected chi connectivity index (χ1v) is 7.60. The van der Waals surface area contributed by atoms with Crippen molar-refractivity contribution in [2.45, 2.75) is 29.9 Å². The van der Waals surface area contributed by atoms with Gasteiger partial charge in [-0.25, -0.2) is 13.2 Å². The van der Waals surface area contributed by atoms with Crippen molar-refractivity contribution >= 4 is 15.8 Å². The van der Waals surface area contributed by atoms with E-state index in [0.717, 1.165) is 0 Å². The second kappa shape index (κ2) is 7.09. The summed E-state index contributed by atoms with van der Waals surface area (Å²) in [5.41, 5.74) is 0. The fourth-order valence-electron chi connectivity index (χ4n) is 1.70. The summed E-state index contributed by atoms with van der Waals surface area (Å²) in [7, 11) is -2.08. The van der Waals surface area contributed by atoms with Crippen molar-refractivity contribution in [1.82, 2.24) is 0 Å². The minimum atomic E-state index is -3.36. The molecule has 0 saturated carbocycles. The molecule has 1 aromatic rings. The van der Waals surface area contributed by atoms with Crippen LogP contribution in [0.2, 0.25) is 0 Å². The summed E-state index contributed by atoms with van der Waals surface area (Å²) >= 11 is 0. The Balaban J connectivity index is 2.85. The maximum absolute atomic E-state index is 12.4. The van der Waals surface area contributed by atoms with E-state index in [2.05, 4.69) is 4.74 Å². The maximum atomic E-state index is 12.4. The number of ether oxygens (including phenoxy) is 1. The Morgan fingerprint density at radius 2 is 1.95 bits per heavy atom. The van der Waals surface area contributed by atoms with Crippen LogP contribution in [0, 0.1) is 0 Å². The van der Waals surface area contributed by atoms with Crippen molar-refractivity contribution in [1.29, 1.82) is 0 Å². The minimum absolute atomic E-state index is 0.294. The first kappa shape index (κ1) is 15.4. The van der Waals surface area contributed by atoms with Crippen LogP contribution in [0.25, 0.3) is 0 Å². The SMILES string of the molecule is CCC(C/C=C/C(=O)OC)S(=O)(=O)c1ccccc1. The molecule has 0 aliphatic heterocycles. The molecule has 0 amide bonds. The van der Waals surface area contributed by atoms with Gasteiger partial charge >= 0.3 is 5.97 Å². The third-order valence-corrected chi connectivity index (χ3v) is 5.15. The Labute approximate surface area is 114 Å². The summed E-state index contributed by atoms with van der Waals surface area (Å²) < 4.78 is 29.2. The molecule has 0 aromatic heterocycles. The number of hydrogen-bond donors (Lipinski definition) is 0. The molecule has 0 radical (unpaired) electrons. The topological polar surface area (TPSA) is 60.4 Å². The smallest absolute Gasteiger partial charge is 0.330 e. The van der Waals surface area contributed by atoms with Crippen LogP contribution >= 0.6 is 0 Å². The van der Waals surface area contributed by atoms with E-state index in [-0.39, 0.29) is 0 Å². The lowest BCUT2D eigenvalue weighted by Crippen LogP contribution is -2.20. The summed E-state index contributed by atoms with van der Waals surface area (Å²) in [5, 5.41) is -0.532. The first-order chi connectivity index (χ1) is 9.02. The maximum Gasteiger partial charge on any atom is 0.330 e. The molecule has 1 atom stereocenters. The van der Waals surface area contributed by atoms with Crippen molar-refractivity contribution in [3.8, 4) is 0 Å². The Bertz CT molecular complexity index is 532. The van der Waals surface area contributed by atoms with Gasteiger partial charge in [0.05, 0.1) is 17.3 Å². The predicted molar refractivity (Wildman–Crippen MR) is 73.5 cm³/mol. The van der Waals surface area contributed by atoms with Crippen LogP contribution in [0.15, 0.2) is 47.4 Å². The fraction of sp³-hybridized carbons (Fsp3) is 0.357. The van der Waals surface area contributed by atoms with Crippen LogP contribution in [0.4, 0.5) is 0 Å². The lowest BCUT2D eigenvalue weighted by molar-refractivity contribution is -0.134. The number of benzene rings is 1. The molecule has 5 heteroatoms. The van der Waals surface area contributed by atoms with Crippen LogP contribution in [0.1, 0.15) is 19.8 Å². The van der Waals surface area contributed by atoms with Crippen LogP contribution < -0.4 is 0 Å². The van der Waals surface area contributed by atoms with Gasteiger partial charge in [0.15, 0.2) is 9.84 Å². The number of carbonyl (C=O) groups excluding carboxylic acids is 1. The van der Waals surface area contributed by atoms with E-state index in [9.17, 15) is 13.2 Å². The van der Waals surface area contributed by atoms with E-state index < -0.39 is 21.1 Å². The zero-order valence-corrected chi connectivity index (χ0v) is 11.9. The summed E-state index contributed by atoms with van der Waals surface area (Å²) in [6.07, 6.45) is 3.58. The molecule has 0 aliphatic carbocycles. The molecule has 0 aliphatic rings. The van der Waals surface area contributed by atoms with Gasteiger partial charge in [-0.3, -0.25) is 0 Å². The van der Waals surface area contributed by atoms with Crippen molar-refractivity contribution in [2.24, 2.45) is 0 Å². The highest BCUT2D eigenvalue weighted by atomic mass is 32.2. The predicted octanol–water partition coefficient (Wildman–Crippen LogP) is 2.36. The van der Waals surface area contributed by atoms with Gasteiger partial charge in [0, 0.05) is 6.08 Å². The molecule has 1 unspecified atom stereocenters. The molecule has 0 heterocycles. The van der Waals surface area contributed by atoms with Gasteiger partial charge in [0.1, 0.15) is 0 Å². The molecule has 1 aromatic carbocycles. The molecule has 104 valence electrons. The average molecular weight is 282 g/mol. The lowest BCUT2D eigenvalue weighted by Gasteiger charge is -2.13. The van der Waals surface area contributed by atoms with Gasteiger partial charge in [0.25, 0.3) is 0 Å². The molecule has 0 fully saturated rings. The summed E-state index contributed by atoms with van der Waals surface area (Å²) in [6, 6.07) is 8.34. The number of esters is 1. The largest absolute Gasteiger partial charge is 0.466 e. The van der Waals surface area contributed by atoms with Crippen molar-refractivity contribution < 1.29 is 17.9 Å². The van der Waals surface area contributed by atoms with Gasteiger partial charge < -0.3 is 4.74 Å². The molecule has 1 rings (SSSR count). The monoisotopic (exact) mass is 282 g/mol. The molecule has 0 N–H and O–H groups in total. The molecular weight excluding hydrogens is 264 g/mol. The third kappa shape index (κ3) is 4.21. The minimum Gasteiger partial charge on any atom is -0.466 e. The Morgan fingerprint density at radius 3 is 2.47 bits per heavy atom. The highest BCUT2D eigenvalue weighted by molar-refractivity contribution is 7.92. The zero-order chi connectivity index (χ0) is 14.3. The van der Waals surface area contributed by atoms with E-state index in [1.54, 1.807) is 36.4 Å². The van der Waals surface area contributed by atoms with Gasteiger partial charge in [-0.15, -0.1) is 0 Å². The van der Waals surface area contributed by atoms with Gasteiger partial charge in [-0.2, -0.15) is 0 Å². The quantitative estimate of drug-likeness (QED) is 0.593. The molecule has 0 saturated heterocycles. The lowest BCUT2D eigenvalue weighted by atomic mass is 10.2. The van der Waals surface area contributed by atoms with E-state index in [1.165, 1.54) is 13.2 Å². The second-order valence-electron chi connectivity index (χ2n) is 4.05. The van der Waals surface area contributed by atoms with E-state index in [4.69, 9.17) is 0 Å². The van der Waals surface area contributed by atoms with Crippen LogP contribution in [-0.4, -0.2) is 26.7 Å².